The van der Waals surface area contributed by atoms with Crippen LogP contribution in [0.5, 0.6) is 0 Å². The Morgan fingerprint density at radius 1 is 1.43 bits per heavy atom. The van der Waals surface area contributed by atoms with Crippen LogP contribution in [0.15, 0.2) is 5.38 Å². The molecule has 1 atom stereocenters. The van der Waals surface area contributed by atoms with E-state index in [0.29, 0.717) is 23.3 Å². The number of aromatic nitrogens is 1. The molecule has 7 heteroatoms. The Kier molecular flexibility index (Phi) is 4.21. The third kappa shape index (κ3) is 3.79. The molecule has 1 aliphatic carbocycles. The SMILES string of the molecule is CC(=O)Nc1nc(C(=O)NCC2CCN(C3CC3)C2)cs1. The Morgan fingerprint density at radius 2 is 2.24 bits per heavy atom. The lowest BCUT2D eigenvalue weighted by Gasteiger charge is -2.14. The molecule has 6 nitrogen and oxygen atoms in total. The highest BCUT2D eigenvalue weighted by atomic mass is 32.1. The standard InChI is InChI=1S/C14H20N4O2S/c1-9(19)16-14-17-12(8-21-14)13(20)15-6-10-4-5-18(7-10)11-2-3-11/h8,10-11H,2-7H2,1H3,(H,15,20)(H,16,17,19). The first kappa shape index (κ1) is 14.5. The number of thiazole rings is 1. The molecule has 1 aromatic heterocycles. The molecule has 2 aliphatic rings. The van der Waals surface area contributed by atoms with Gasteiger partial charge in [-0.15, -0.1) is 11.3 Å². The van der Waals surface area contributed by atoms with Crippen molar-refractivity contribution in [1.29, 1.82) is 0 Å². The van der Waals surface area contributed by atoms with Gasteiger partial charge in [-0.1, -0.05) is 0 Å². The van der Waals surface area contributed by atoms with Gasteiger partial charge < -0.3 is 15.5 Å². The third-order valence-corrected chi connectivity index (χ3v) is 4.71. The Balaban J connectivity index is 1.45. The highest BCUT2D eigenvalue weighted by molar-refractivity contribution is 7.14. The summed E-state index contributed by atoms with van der Waals surface area (Å²) in [5, 5.41) is 7.68. The summed E-state index contributed by atoms with van der Waals surface area (Å²) in [5.74, 6) is 0.207. The van der Waals surface area contributed by atoms with Crippen molar-refractivity contribution in [2.24, 2.45) is 5.92 Å². The van der Waals surface area contributed by atoms with Gasteiger partial charge in [0.15, 0.2) is 5.13 Å². The van der Waals surface area contributed by atoms with Crippen LogP contribution in [0.4, 0.5) is 5.13 Å². The molecule has 2 fully saturated rings. The lowest BCUT2D eigenvalue weighted by Crippen LogP contribution is -2.31. The smallest absolute Gasteiger partial charge is 0.270 e. The number of carbonyl (C=O) groups is 2. The molecule has 2 heterocycles. The van der Waals surface area contributed by atoms with Crippen LogP contribution in [0.1, 0.15) is 36.7 Å². The van der Waals surface area contributed by atoms with E-state index in [2.05, 4.69) is 20.5 Å². The lowest BCUT2D eigenvalue weighted by molar-refractivity contribution is -0.114. The number of rotatable bonds is 5. The van der Waals surface area contributed by atoms with Gasteiger partial charge in [-0.3, -0.25) is 9.59 Å². The summed E-state index contributed by atoms with van der Waals surface area (Å²) in [4.78, 5) is 29.6. The van der Waals surface area contributed by atoms with E-state index in [4.69, 9.17) is 0 Å². The van der Waals surface area contributed by atoms with Gasteiger partial charge in [-0.2, -0.15) is 0 Å². The van der Waals surface area contributed by atoms with Crippen molar-refractivity contribution in [3.63, 3.8) is 0 Å². The molecule has 0 radical (unpaired) electrons. The topological polar surface area (TPSA) is 74.3 Å². The van der Waals surface area contributed by atoms with E-state index in [1.54, 1.807) is 5.38 Å². The van der Waals surface area contributed by atoms with Crippen molar-refractivity contribution >= 4 is 28.3 Å². The van der Waals surface area contributed by atoms with Crippen LogP contribution in [0.2, 0.25) is 0 Å². The van der Waals surface area contributed by atoms with Gasteiger partial charge in [0.2, 0.25) is 5.91 Å². The second kappa shape index (κ2) is 6.11. The van der Waals surface area contributed by atoms with Crippen LogP contribution in [0.3, 0.4) is 0 Å². The predicted octanol–water partition coefficient (Wildman–Crippen LogP) is 1.32. The minimum Gasteiger partial charge on any atom is -0.350 e. The third-order valence-electron chi connectivity index (χ3n) is 3.95. The summed E-state index contributed by atoms with van der Waals surface area (Å²) in [6.45, 7) is 4.38. The van der Waals surface area contributed by atoms with Gasteiger partial charge in [0.05, 0.1) is 0 Å². The van der Waals surface area contributed by atoms with E-state index >= 15 is 0 Å². The summed E-state index contributed by atoms with van der Waals surface area (Å²) < 4.78 is 0. The van der Waals surface area contributed by atoms with Crippen LogP contribution in [-0.2, 0) is 4.79 Å². The molecule has 0 spiro atoms. The number of amides is 2. The van der Waals surface area contributed by atoms with E-state index in [1.807, 2.05) is 0 Å². The van der Waals surface area contributed by atoms with Crippen molar-refractivity contribution in [3.8, 4) is 0 Å². The average molecular weight is 308 g/mol. The summed E-state index contributed by atoms with van der Waals surface area (Å²) >= 11 is 1.26. The molecule has 0 bridgehead atoms. The maximum Gasteiger partial charge on any atom is 0.270 e. The van der Waals surface area contributed by atoms with Crippen molar-refractivity contribution < 1.29 is 9.59 Å². The summed E-state index contributed by atoms with van der Waals surface area (Å²) in [6, 6.07) is 0.810. The zero-order valence-corrected chi connectivity index (χ0v) is 12.9. The maximum atomic E-state index is 12.0. The van der Waals surface area contributed by atoms with Gasteiger partial charge in [0.25, 0.3) is 5.91 Å². The maximum absolute atomic E-state index is 12.0. The normalized spacial score (nSPS) is 22.2. The van der Waals surface area contributed by atoms with Crippen LogP contribution < -0.4 is 10.6 Å². The highest BCUT2D eigenvalue weighted by Gasteiger charge is 2.34. The number of nitrogens with zero attached hydrogens (tertiary/aromatic N) is 2. The molecule has 1 saturated carbocycles. The highest BCUT2D eigenvalue weighted by Crippen LogP contribution is 2.31. The molecule has 1 aliphatic heterocycles. The largest absolute Gasteiger partial charge is 0.350 e. The van der Waals surface area contributed by atoms with Crippen molar-refractivity contribution in [2.45, 2.75) is 32.2 Å². The van der Waals surface area contributed by atoms with Gasteiger partial charge in [-0.25, -0.2) is 4.98 Å². The lowest BCUT2D eigenvalue weighted by atomic mass is 10.1. The molecule has 21 heavy (non-hydrogen) atoms. The second-order valence-corrected chi connectivity index (χ2v) is 6.67. The summed E-state index contributed by atoms with van der Waals surface area (Å²) in [7, 11) is 0. The van der Waals surface area contributed by atoms with E-state index in [0.717, 1.165) is 25.6 Å². The fourth-order valence-electron chi connectivity index (χ4n) is 2.71. The fraction of sp³-hybridized carbons (Fsp3) is 0.643. The first-order valence-electron chi connectivity index (χ1n) is 7.37. The van der Waals surface area contributed by atoms with Crippen molar-refractivity contribution in [1.82, 2.24) is 15.2 Å². The molecule has 0 aromatic carbocycles. The fourth-order valence-corrected chi connectivity index (χ4v) is 3.45. The minimum absolute atomic E-state index is 0.160. The van der Waals surface area contributed by atoms with E-state index < -0.39 is 0 Å². The number of carbonyl (C=O) groups excluding carboxylic acids is 2. The van der Waals surface area contributed by atoms with Crippen LogP contribution in [-0.4, -0.2) is 47.4 Å². The predicted molar refractivity (Wildman–Crippen MR) is 81.5 cm³/mol. The monoisotopic (exact) mass is 308 g/mol. The van der Waals surface area contributed by atoms with Crippen molar-refractivity contribution in [3.05, 3.63) is 11.1 Å². The molecule has 2 N–H and O–H groups in total. The number of nitrogens with one attached hydrogen (secondary N) is 2. The van der Waals surface area contributed by atoms with Gasteiger partial charge in [-0.05, 0) is 31.7 Å². The van der Waals surface area contributed by atoms with E-state index in [1.165, 1.54) is 31.1 Å². The molecule has 3 rings (SSSR count). The number of anilines is 1. The van der Waals surface area contributed by atoms with E-state index in [9.17, 15) is 9.59 Å². The van der Waals surface area contributed by atoms with Crippen LogP contribution in [0, 0.1) is 5.92 Å². The first-order chi connectivity index (χ1) is 10.1. The van der Waals surface area contributed by atoms with Crippen LogP contribution in [0.25, 0.3) is 0 Å². The molecule has 1 saturated heterocycles. The Morgan fingerprint density at radius 3 is 2.95 bits per heavy atom. The number of hydrogen-bond acceptors (Lipinski definition) is 5. The number of hydrogen-bond donors (Lipinski definition) is 2. The minimum atomic E-state index is -0.178. The van der Waals surface area contributed by atoms with E-state index in [-0.39, 0.29) is 11.8 Å². The average Bonchev–Trinajstić information content (AvgIpc) is 3.00. The zero-order valence-electron chi connectivity index (χ0n) is 12.1. The Hall–Kier alpha value is -1.47. The van der Waals surface area contributed by atoms with Crippen LogP contribution >= 0.6 is 11.3 Å². The molecular weight excluding hydrogens is 288 g/mol. The molecule has 114 valence electrons. The molecule has 2 amide bonds. The Labute approximate surface area is 127 Å². The summed E-state index contributed by atoms with van der Waals surface area (Å²) in [5.41, 5.74) is 0.376. The van der Waals surface area contributed by atoms with Gasteiger partial charge >= 0.3 is 0 Å². The van der Waals surface area contributed by atoms with Crippen molar-refractivity contribution in [2.75, 3.05) is 25.0 Å². The first-order valence-corrected chi connectivity index (χ1v) is 8.25. The quantitative estimate of drug-likeness (QED) is 0.860. The molecule has 1 unspecified atom stereocenters. The van der Waals surface area contributed by atoms with Gasteiger partial charge in [0.1, 0.15) is 5.69 Å². The number of likely N-dealkylation sites (tertiary alicyclic amines) is 1. The van der Waals surface area contributed by atoms with Gasteiger partial charge in [0, 0.05) is 31.4 Å². The Bertz CT molecular complexity index is 541. The zero-order chi connectivity index (χ0) is 14.8. The second-order valence-electron chi connectivity index (χ2n) is 5.81. The molecular formula is C14H20N4O2S. The summed E-state index contributed by atoms with van der Waals surface area (Å²) in [6.07, 6.45) is 3.83. The molecule has 1 aromatic rings.